The summed E-state index contributed by atoms with van der Waals surface area (Å²) >= 11 is 0. The highest BCUT2D eigenvalue weighted by Gasteiger charge is 2.13. The van der Waals surface area contributed by atoms with Gasteiger partial charge >= 0.3 is 0 Å². The van der Waals surface area contributed by atoms with Crippen LogP contribution in [0.3, 0.4) is 0 Å². The Labute approximate surface area is 159 Å². The number of carbonyl (C=O) groups is 1. The summed E-state index contributed by atoms with van der Waals surface area (Å²) in [6, 6.07) is 9.50. The van der Waals surface area contributed by atoms with Gasteiger partial charge in [-0.25, -0.2) is 0 Å². The summed E-state index contributed by atoms with van der Waals surface area (Å²) in [6.07, 6.45) is 5.36. The minimum atomic E-state index is -0.198. The lowest BCUT2D eigenvalue weighted by atomic mass is 10.0. The van der Waals surface area contributed by atoms with Gasteiger partial charge in [-0.2, -0.15) is 5.10 Å². The third-order valence-corrected chi connectivity index (χ3v) is 4.18. The molecule has 0 fully saturated rings. The van der Waals surface area contributed by atoms with Crippen LogP contribution in [0.5, 0.6) is 0 Å². The Morgan fingerprint density at radius 1 is 1.15 bits per heavy atom. The van der Waals surface area contributed by atoms with E-state index in [9.17, 15) is 4.79 Å². The SMILES string of the molecule is Cc1ccc(C(=O)Nc2nn(C(C)C)cc2C)cc1C#Cc1cccnc1. The summed E-state index contributed by atoms with van der Waals surface area (Å²) in [6.45, 7) is 8.00. The smallest absolute Gasteiger partial charge is 0.256 e. The molecule has 0 aliphatic rings. The number of carbonyl (C=O) groups excluding carboxylic acids is 1. The molecule has 0 bridgehead atoms. The zero-order valence-corrected chi connectivity index (χ0v) is 15.9. The molecule has 2 aromatic heterocycles. The molecule has 0 radical (unpaired) electrons. The number of hydrogen-bond donors (Lipinski definition) is 1. The van der Waals surface area contributed by atoms with Crippen molar-refractivity contribution < 1.29 is 4.79 Å². The van der Waals surface area contributed by atoms with Crippen molar-refractivity contribution in [3.63, 3.8) is 0 Å². The lowest BCUT2D eigenvalue weighted by Crippen LogP contribution is -2.14. The molecule has 1 amide bonds. The molecule has 1 N–H and O–H groups in total. The van der Waals surface area contributed by atoms with E-state index in [4.69, 9.17) is 0 Å². The Kier molecular flexibility index (Phi) is 5.37. The van der Waals surface area contributed by atoms with Gasteiger partial charge in [-0.05, 0) is 57.5 Å². The van der Waals surface area contributed by atoms with Gasteiger partial charge in [-0.3, -0.25) is 14.5 Å². The number of anilines is 1. The third kappa shape index (κ3) is 4.42. The van der Waals surface area contributed by atoms with Crippen LogP contribution in [0.25, 0.3) is 0 Å². The van der Waals surface area contributed by atoms with Crippen LogP contribution in [0.4, 0.5) is 5.82 Å². The quantitative estimate of drug-likeness (QED) is 0.716. The summed E-state index contributed by atoms with van der Waals surface area (Å²) in [5.74, 6) is 6.59. The number of aromatic nitrogens is 3. The molecule has 0 spiro atoms. The van der Waals surface area contributed by atoms with Gasteiger partial charge in [0.2, 0.25) is 0 Å². The number of amides is 1. The predicted molar refractivity (Wildman–Crippen MR) is 107 cm³/mol. The van der Waals surface area contributed by atoms with E-state index in [1.165, 1.54) is 0 Å². The Balaban J connectivity index is 1.83. The van der Waals surface area contributed by atoms with Crippen LogP contribution in [0.1, 0.15) is 52.5 Å². The fourth-order valence-corrected chi connectivity index (χ4v) is 2.52. The maximum Gasteiger partial charge on any atom is 0.256 e. The summed E-state index contributed by atoms with van der Waals surface area (Å²) in [5, 5.41) is 7.33. The molecule has 1 aromatic carbocycles. The average Bonchev–Trinajstić information content (AvgIpc) is 3.02. The molecule has 0 aliphatic heterocycles. The van der Waals surface area contributed by atoms with Crippen molar-refractivity contribution in [2.75, 3.05) is 5.32 Å². The van der Waals surface area contributed by atoms with E-state index in [-0.39, 0.29) is 11.9 Å². The number of hydrogen-bond acceptors (Lipinski definition) is 3. The largest absolute Gasteiger partial charge is 0.305 e. The van der Waals surface area contributed by atoms with Crippen LogP contribution in [0, 0.1) is 25.7 Å². The van der Waals surface area contributed by atoms with Crippen molar-refractivity contribution in [2.45, 2.75) is 33.7 Å². The lowest BCUT2D eigenvalue weighted by molar-refractivity contribution is 0.102. The first-order chi connectivity index (χ1) is 12.9. The fraction of sp³-hybridized carbons (Fsp3) is 0.227. The van der Waals surface area contributed by atoms with Gasteiger partial charge in [-0.1, -0.05) is 17.9 Å². The highest BCUT2D eigenvalue weighted by molar-refractivity contribution is 6.04. The molecule has 0 unspecified atom stereocenters. The second-order valence-corrected chi connectivity index (χ2v) is 6.71. The normalized spacial score (nSPS) is 10.4. The Bertz CT molecular complexity index is 1020. The monoisotopic (exact) mass is 358 g/mol. The Morgan fingerprint density at radius 3 is 2.63 bits per heavy atom. The van der Waals surface area contributed by atoms with E-state index in [0.29, 0.717) is 11.4 Å². The maximum absolute atomic E-state index is 12.7. The van der Waals surface area contributed by atoms with E-state index in [2.05, 4.69) is 27.2 Å². The van der Waals surface area contributed by atoms with E-state index in [1.54, 1.807) is 18.5 Å². The zero-order valence-electron chi connectivity index (χ0n) is 15.9. The van der Waals surface area contributed by atoms with Crippen LogP contribution in [0.2, 0.25) is 0 Å². The van der Waals surface area contributed by atoms with Crippen molar-refractivity contribution in [3.8, 4) is 11.8 Å². The average molecular weight is 358 g/mol. The van der Waals surface area contributed by atoms with Gasteiger partial charge in [0.1, 0.15) is 0 Å². The number of aryl methyl sites for hydroxylation is 2. The van der Waals surface area contributed by atoms with Crippen molar-refractivity contribution >= 4 is 11.7 Å². The molecule has 136 valence electrons. The van der Waals surface area contributed by atoms with Crippen LogP contribution < -0.4 is 5.32 Å². The molecule has 5 nitrogen and oxygen atoms in total. The second kappa shape index (κ2) is 7.88. The summed E-state index contributed by atoms with van der Waals surface area (Å²) in [7, 11) is 0. The van der Waals surface area contributed by atoms with Gasteiger partial charge < -0.3 is 5.32 Å². The zero-order chi connectivity index (χ0) is 19.4. The van der Waals surface area contributed by atoms with E-state index in [0.717, 1.165) is 22.3 Å². The van der Waals surface area contributed by atoms with Gasteiger partial charge in [0.25, 0.3) is 5.91 Å². The molecular weight excluding hydrogens is 336 g/mol. The number of pyridine rings is 1. The third-order valence-electron chi connectivity index (χ3n) is 4.18. The Hall–Kier alpha value is -3.39. The highest BCUT2D eigenvalue weighted by Crippen LogP contribution is 2.17. The van der Waals surface area contributed by atoms with Gasteiger partial charge in [0.05, 0.1) is 0 Å². The lowest BCUT2D eigenvalue weighted by Gasteiger charge is -2.06. The summed E-state index contributed by atoms with van der Waals surface area (Å²) < 4.78 is 1.84. The van der Waals surface area contributed by atoms with Gasteiger partial charge in [0, 0.05) is 46.9 Å². The molecule has 0 saturated heterocycles. The van der Waals surface area contributed by atoms with E-state index >= 15 is 0 Å². The Morgan fingerprint density at radius 2 is 1.96 bits per heavy atom. The van der Waals surface area contributed by atoms with Crippen LogP contribution in [-0.2, 0) is 0 Å². The number of nitrogens with one attached hydrogen (secondary N) is 1. The molecule has 27 heavy (non-hydrogen) atoms. The van der Waals surface area contributed by atoms with Crippen molar-refractivity contribution in [2.24, 2.45) is 0 Å². The maximum atomic E-state index is 12.7. The molecule has 3 aromatic rings. The van der Waals surface area contributed by atoms with Gasteiger partial charge in [0.15, 0.2) is 5.82 Å². The molecule has 0 saturated carbocycles. The van der Waals surface area contributed by atoms with E-state index < -0.39 is 0 Å². The first kappa shape index (κ1) is 18.4. The van der Waals surface area contributed by atoms with Crippen LogP contribution >= 0.6 is 0 Å². The van der Waals surface area contributed by atoms with Crippen molar-refractivity contribution in [1.29, 1.82) is 0 Å². The molecule has 5 heteroatoms. The minimum Gasteiger partial charge on any atom is -0.305 e. The molecule has 0 atom stereocenters. The second-order valence-electron chi connectivity index (χ2n) is 6.71. The topological polar surface area (TPSA) is 59.8 Å². The number of nitrogens with zero attached hydrogens (tertiary/aromatic N) is 3. The molecule has 0 aliphatic carbocycles. The number of rotatable bonds is 3. The van der Waals surface area contributed by atoms with Gasteiger partial charge in [-0.15, -0.1) is 0 Å². The molecular formula is C22H22N4O. The van der Waals surface area contributed by atoms with Crippen molar-refractivity contribution in [3.05, 3.63) is 76.7 Å². The molecule has 3 rings (SSSR count). The molecule has 2 heterocycles. The minimum absolute atomic E-state index is 0.198. The summed E-state index contributed by atoms with van der Waals surface area (Å²) in [4.78, 5) is 16.7. The standard InChI is InChI=1S/C22H22N4O/c1-15(2)26-14-17(4)21(25-26)24-22(27)20-9-7-16(3)19(12-20)10-8-18-6-5-11-23-13-18/h5-7,9,11-15H,1-4H3,(H,24,25,27). The number of benzene rings is 1. The first-order valence-electron chi connectivity index (χ1n) is 8.84. The highest BCUT2D eigenvalue weighted by atomic mass is 16.1. The van der Waals surface area contributed by atoms with Crippen LogP contribution in [-0.4, -0.2) is 20.7 Å². The van der Waals surface area contributed by atoms with Crippen LogP contribution in [0.15, 0.2) is 48.9 Å². The predicted octanol–water partition coefficient (Wildman–Crippen LogP) is 4.13. The first-order valence-corrected chi connectivity index (χ1v) is 8.84. The fourth-order valence-electron chi connectivity index (χ4n) is 2.52. The van der Waals surface area contributed by atoms with E-state index in [1.807, 2.05) is 62.8 Å². The summed E-state index contributed by atoms with van der Waals surface area (Å²) in [5.41, 5.74) is 4.15. The van der Waals surface area contributed by atoms with Crippen molar-refractivity contribution in [1.82, 2.24) is 14.8 Å².